The molecule has 1 aliphatic carbocycles. The molecule has 0 bridgehead atoms. The molecule has 0 aromatic heterocycles. The Kier molecular flexibility index (Phi) is 5.44. The van der Waals surface area contributed by atoms with Gasteiger partial charge < -0.3 is 10.2 Å². The minimum Gasteiger partial charge on any atom is -0.350 e. The minimum absolute atomic E-state index is 0.00675. The van der Waals surface area contributed by atoms with E-state index in [1.807, 2.05) is 54.3 Å². The molecule has 1 aliphatic heterocycles. The van der Waals surface area contributed by atoms with E-state index in [0.717, 1.165) is 47.9 Å². The van der Waals surface area contributed by atoms with Gasteiger partial charge in [-0.05, 0) is 49.4 Å². The highest BCUT2D eigenvalue weighted by Gasteiger charge is 2.49. The van der Waals surface area contributed by atoms with Gasteiger partial charge in [-0.15, -0.1) is 0 Å². The molecular weight excluding hydrogens is 360 g/mol. The second kappa shape index (κ2) is 8.02. The SMILES string of the molecule is Cc1ccccc1CNC(=O)C1(C)Cc2ccccc2C(=O)N1C1CCCCC1. The van der Waals surface area contributed by atoms with Crippen LogP contribution in [0.5, 0.6) is 0 Å². The number of fused-ring (bicyclic) bond motifs is 1. The predicted octanol–water partition coefficient (Wildman–Crippen LogP) is 4.40. The second-order valence-corrected chi connectivity index (χ2v) is 8.68. The van der Waals surface area contributed by atoms with Crippen LogP contribution in [0.3, 0.4) is 0 Å². The van der Waals surface area contributed by atoms with Crippen molar-refractivity contribution in [1.82, 2.24) is 10.2 Å². The summed E-state index contributed by atoms with van der Waals surface area (Å²) in [5, 5.41) is 3.14. The zero-order valence-electron chi connectivity index (χ0n) is 17.4. The Morgan fingerprint density at radius 2 is 1.76 bits per heavy atom. The second-order valence-electron chi connectivity index (χ2n) is 8.68. The number of nitrogens with zero attached hydrogens (tertiary/aromatic N) is 1. The molecule has 4 rings (SSSR count). The third-order valence-corrected chi connectivity index (χ3v) is 6.66. The highest BCUT2D eigenvalue weighted by atomic mass is 16.2. The molecule has 29 heavy (non-hydrogen) atoms. The first-order valence-corrected chi connectivity index (χ1v) is 10.7. The maximum Gasteiger partial charge on any atom is 0.255 e. The van der Waals surface area contributed by atoms with Crippen LogP contribution >= 0.6 is 0 Å². The normalized spacial score (nSPS) is 22.3. The maximum atomic E-state index is 13.5. The van der Waals surface area contributed by atoms with Crippen LogP contribution in [0.2, 0.25) is 0 Å². The zero-order chi connectivity index (χ0) is 20.4. The summed E-state index contributed by atoms with van der Waals surface area (Å²) in [4.78, 5) is 28.9. The van der Waals surface area contributed by atoms with Gasteiger partial charge in [-0.2, -0.15) is 0 Å². The summed E-state index contributed by atoms with van der Waals surface area (Å²) in [5.74, 6) is -0.0542. The van der Waals surface area contributed by atoms with Gasteiger partial charge in [0.2, 0.25) is 5.91 Å². The van der Waals surface area contributed by atoms with Gasteiger partial charge in [0.25, 0.3) is 5.91 Å². The number of benzene rings is 2. The van der Waals surface area contributed by atoms with E-state index in [4.69, 9.17) is 0 Å². The van der Waals surface area contributed by atoms with E-state index in [1.165, 1.54) is 6.42 Å². The third-order valence-electron chi connectivity index (χ3n) is 6.66. The van der Waals surface area contributed by atoms with Crippen LogP contribution in [0.15, 0.2) is 48.5 Å². The number of aryl methyl sites for hydroxylation is 1. The van der Waals surface area contributed by atoms with Crippen molar-refractivity contribution in [3.63, 3.8) is 0 Å². The summed E-state index contributed by atoms with van der Waals surface area (Å²) in [6, 6.07) is 16.0. The van der Waals surface area contributed by atoms with Crippen LogP contribution < -0.4 is 5.32 Å². The van der Waals surface area contributed by atoms with Crippen LogP contribution in [0.25, 0.3) is 0 Å². The van der Waals surface area contributed by atoms with E-state index in [9.17, 15) is 9.59 Å². The monoisotopic (exact) mass is 390 g/mol. The van der Waals surface area contributed by atoms with Crippen molar-refractivity contribution in [2.75, 3.05) is 0 Å². The van der Waals surface area contributed by atoms with Crippen molar-refractivity contribution in [3.05, 3.63) is 70.8 Å². The van der Waals surface area contributed by atoms with E-state index >= 15 is 0 Å². The smallest absolute Gasteiger partial charge is 0.255 e. The molecule has 4 nitrogen and oxygen atoms in total. The summed E-state index contributed by atoms with van der Waals surface area (Å²) >= 11 is 0. The number of carbonyl (C=O) groups is 2. The zero-order valence-corrected chi connectivity index (χ0v) is 17.4. The van der Waals surface area contributed by atoms with Gasteiger partial charge in [0.1, 0.15) is 5.54 Å². The van der Waals surface area contributed by atoms with Gasteiger partial charge >= 0.3 is 0 Å². The number of hydrogen-bond acceptors (Lipinski definition) is 2. The number of hydrogen-bond donors (Lipinski definition) is 1. The number of carbonyl (C=O) groups excluding carboxylic acids is 2. The fourth-order valence-electron chi connectivity index (χ4n) is 4.97. The van der Waals surface area contributed by atoms with Crippen molar-refractivity contribution in [2.24, 2.45) is 0 Å². The average Bonchev–Trinajstić information content (AvgIpc) is 2.74. The predicted molar refractivity (Wildman–Crippen MR) is 115 cm³/mol. The van der Waals surface area contributed by atoms with E-state index in [0.29, 0.717) is 13.0 Å². The lowest BCUT2D eigenvalue weighted by atomic mass is 9.79. The molecule has 1 N–H and O–H groups in total. The van der Waals surface area contributed by atoms with Crippen LogP contribution in [0.1, 0.15) is 66.1 Å². The quantitative estimate of drug-likeness (QED) is 0.841. The molecule has 2 aliphatic rings. The largest absolute Gasteiger partial charge is 0.350 e. The molecular formula is C25H30N2O2. The Morgan fingerprint density at radius 3 is 2.52 bits per heavy atom. The summed E-state index contributed by atoms with van der Waals surface area (Å²) in [5.41, 5.74) is 3.12. The number of nitrogens with one attached hydrogen (secondary N) is 1. The van der Waals surface area contributed by atoms with Crippen LogP contribution in [0, 0.1) is 6.92 Å². The molecule has 0 radical (unpaired) electrons. The van der Waals surface area contributed by atoms with E-state index < -0.39 is 5.54 Å². The van der Waals surface area contributed by atoms with E-state index in [2.05, 4.69) is 18.3 Å². The fourth-order valence-corrected chi connectivity index (χ4v) is 4.97. The summed E-state index contributed by atoms with van der Waals surface area (Å²) < 4.78 is 0. The first kappa shape index (κ1) is 19.7. The van der Waals surface area contributed by atoms with Gasteiger partial charge in [0.05, 0.1) is 0 Å². The van der Waals surface area contributed by atoms with Crippen LogP contribution in [-0.2, 0) is 17.8 Å². The topological polar surface area (TPSA) is 49.4 Å². The van der Waals surface area contributed by atoms with Crippen LogP contribution in [-0.4, -0.2) is 28.3 Å². The van der Waals surface area contributed by atoms with Crippen molar-refractivity contribution in [2.45, 2.75) is 70.5 Å². The molecule has 2 aromatic carbocycles. The standard InChI is InChI=1S/C25H30N2O2/c1-18-10-6-7-12-20(18)17-26-24(29)25(2)16-19-11-8-9-15-22(19)23(28)27(25)21-13-4-3-5-14-21/h6-12,15,21H,3-5,13-14,16-17H2,1-2H3,(H,26,29). The maximum absolute atomic E-state index is 13.5. The number of rotatable bonds is 4. The highest BCUT2D eigenvalue weighted by Crippen LogP contribution is 2.37. The fraction of sp³-hybridized carbons (Fsp3) is 0.440. The lowest BCUT2D eigenvalue weighted by molar-refractivity contribution is -0.133. The van der Waals surface area contributed by atoms with Crippen molar-refractivity contribution >= 4 is 11.8 Å². The van der Waals surface area contributed by atoms with Crippen LogP contribution in [0.4, 0.5) is 0 Å². The van der Waals surface area contributed by atoms with Gasteiger partial charge in [-0.3, -0.25) is 9.59 Å². The molecule has 0 spiro atoms. The Balaban J connectivity index is 1.64. The molecule has 2 amide bonds. The Labute approximate surface area is 173 Å². The molecule has 1 atom stereocenters. The molecule has 1 unspecified atom stereocenters. The molecule has 4 heteroatoms. The minimum atomic E-state index is -0.865. The first-order chi connectivity index (χ1) is 14.0. The molecule has 1 fully saturated rings. The van der Waals surface area contributed by atoms with Gasteiger partial charge in [-0.1, -0.05) is 61.7 Å². The van der Waals surface area contributed by atoms with Gasteiger partial charge in [-0.25, -0.2) is 0 Å². The van der Waals surface area contributed by atoms with Crippen molar-refractivity contribution in [3.8, 4) is 0 Å². The molecule has 2 aromatic rings. The van der Waals surface area contributed by atoms with E-state index in [-0.39, 0.29) is 17.9 Å². The summed E-state index contributed by atoms with van der Waals surface area (Å²) in [6.07, 6.45) is 5.98. The molecule has 1 heterocycles. The Bertz CT molecular complexity index is 917. The molecule has 0 saturated heterocycles. The summed E-state index contributed by atoms with van der Waals surface area (Å²) in [6.45, 7) is 4.48. The van der Waals surface area contributed by atoms with Gasteiger partial charge in [0.15, 0.2) is 0 Å². The third kappa shape index (κ3) is 3.68. The Morgan fingerprint density at radius 1 is 1.07 bits per heavy atom. The Hall–Kier alpha value is -2.62. The summed E-state index contributed by atoms with van der Waals surface area (Å²) in [7, 11) is 0. The lowest BCUT2D eigenvalue weighted by Gasteiger charge is -2.49. The average molecular weight is 391 g/mol. The van der Waals surface area contributed by atoms with Crippen molar-refractivity contribution in [1.29, 1.82) is 0 Å². The number of amides is 2. The van der Waals surface area contributed by atoms with E-state index in [1.54, 1.807) is 0 Å². The molecule has 1 saturated carbocycles. The first-order valence-electron chi connectivity index (χ1n) is 10.7. The van der Waals surface area contributed by atoms with Gasteiger partial charge in [0, 0.05) is 24.6 Å². The molecule has 152 valence electrons. The highest BCUT2D eigenvalue weighted by molar-refractivity contribution is 6.02. The van der Waals surface area contributed by atoms with Crippen molar-refractivity contribution < 1.29 is 9.59 Å². The lowest BCUT2D eigenvalue weighted by Crippen LogP contribution is -2.65.